The Morgan fingerprint density at radius 3 is 2.94 bits per heavy atom. The quantitative estimate of drug-likeness (QED) is 0.432. The highest BCUT2D eigenvalue weighted by molar-refractivity contribution is 7.18. The molecule has 1 saturated heterocycles. The number of tetrazole rings is 1. The Morgan fingerprint density at radius 1 is 1.21 bits per heavy atom. The molecule has 2 aliphatic rings. The number of hydrogen-bond donors (Lipinski definition) is 0. The number of morpholine rings is 1. The van der Waals surface area contributed by atoms with Gasteiger partial charge < -0.3 is 9.47 Å². The summed E-state index contributed by atoms with van der Waals surface area (Å²) in [4.78, 5) is 16.3. The molecular weight excluding hydrogens is 450 g/mol. The smallest absolute Gasteiger partial charge is 0.205 e. The summed E-state index contributed by atoms with van der Waals surface area (Å²) in [7, 11) is 1.65. The molecule has 0 radical (unpaired) electrons. The monoisotopic (exact) mass is 477 g/mol. The summed E-state index contributed by atoms with van der Waals surface area (Å²) in [6, 6.07) is 7.69. The molecule has 9 nitrogen and oxygen atoms in total. The van der Waals surface area contributed by atoms with Crippen LogP contribution in [0.3, 0.4) is 0 Å². The van der Waals surface area contributed by atoms with E-state index in [1.807, 2.05) is 24.3 Å². The molecule has 0 unspecified atom stereocenters. The van der Waals surface area contributed by atoms with Gasteiger partial charge in [0.05, 0.1) is 32.3 Å². The number of hydrogen-bond acceptors (Lipinski definition) is 9. The van der Waals surface area contributed by atoms with Crippen LogP contribution in [0.2, 0.25) is 0 Å². The molecule has 176 valence electrons. The molecule has 0 N–H and O–H groups in total. The standard InChI is InChI=1S/C24H27N7O2S/c1-15-6-7-18-19(12-15)34-24-21(18)23(25-20(26-24)14-30-8-10-33-11-9-30)31-28-22(27-29-31)16-4-3-5-17(13-16)32-2/h3-5,13,15H,6-12,14H2,1-2H3/t15-/m0/s1. The van der Waals surface area contributed by atoms with Gasteiger partial charge in [-0.25, -0.2) is 9.97 Å². The molecule has 1 aromatic carbocycles. The Labute approximate surface area is 201 Å². The van der Waals surface area contributed by atoms with Crippen LogP contribution in [0.5, 0.6) is 5.75 Å². The van der Waals surface area contributed by atoms with Gasteiger partial charge in [0.25, 0.3) is 0 Å². The lowest BCUT2D eigenvalue weighted by atomic mass is 9.89. The lowest BCUT2D eigenvalue weighted by molar-refractivity contribution is 0.0331. The van der Waals surface area contributed by atoms with Crippen molar-refractivity contribution in [3.63, 3.8) is 0 Å². The van der Waals surface area contributed by atoms with Crippen molar-refractivity contribution in [3.05, 3.63) is 40.5 Å². The highest BCUT2D eigenvalue weighted by Crippen LogP contribution is 2.39. The Hall–Kier alpha value is -2.95. The number of benzene rings is 1. The van der Waals surface area contributed by atoms with Crippen molar-refractivity contribution in [2.45, 2.75) is 32.7 Å². The largest absolute Gasteiger partial charge is 0.497 e. The lowest BCUT2D eigenvalue weighted by Gasteiger charge is -2.25. The lowest BCUT2D eigenvalue weighted by Crippen LogP contribution is -2.36. The second kappa shape index (κ2) is 9.01. The summed E-state index contributed by atoms with van der Waals surface area (Å²) in [5, 5.41) is 14.6. The molecule has 1 fully saturated rings. The average molecular weight is 478 g/mol. The number of ether oxygens (including phenoxy) is 2. The minimum Gasteiger partial charge on any atom is -0.497 e. The van der Waals surface area contributed by atoms with E-state index in [2.05, 4.69) is 22.1 Å². The van der Waals surface area contributed by atoms with Gasteiger partial charge in [-0.1, -0.05) is 19.1 Å². The fourth-order valence-corrected chi connectivity index (χ4v) is 6.12. The minimum atomic E-state index is 0.540. The van der Waals surface area contributed by atoms with Crippen LogP contribution in [-0.4, -0.2) is 68.5 Å². The summed E-state index contributed by atoms with van der Waals surface area (Å²) in [6.07, 6.45) is 3.30. The number of nitrogens with zero attached hydrogens (tertiary/aromatic N) is 7. The van der Waals surface area contributed by atoms with Crippen molar-refractivity contribution in [2.24, 2.45) is 5.92 Å². The zero-order chi connectivity index (χ0) is 23.1. The van der Waals surface area contributed by atoms with Crippen LogP contribution in [0.25, 0.3) is 27.4 Å². The number of methoxy groups -OCH3 is 1. The molecule has 10 heteroatoms. The van der Waals surface area contributed by atoms with Gasteiger partial charge in [-0.05, 0) is 48.1 Å². The number of rotatable bonds is 5. The van der Waals surface area contributed by atoms with Gasteiger partial charge >= 0.3 is 0 Å². The maximum Gasteiger partial charge on any atom is 0.205 e. The van der Waals surface area contributed by atoms with Crippen LogP contribution in [0.1, 0.15) is 29.6 Å². The summed E-state index contributed by atoms with van der Waals surface area (Å²) in [5.74, 6) is 3.50. The summed E-state index contributed by atoms with van der Waals surface area (Å²) < 4.78 is 10.9. The third kappa shape index (κ3) is 4.06. The van der Waals surface area contributed by atoms with Crippen LogP contribution in [0, 0.1) is 5.92 Å². The maximum atomic E-state index is 5.51. The van der Waals surface area contributed by atoms with E-state index in [9.17, 15) is 0 Å². The van der Waals surface area contributed by atoms with Gasteiger partial charge in [0.15, 0.2) is 5.82 Å². The minimum absolute atomic E-state index is 0.540. The Balaban J connectivity index is 1.45. The number of fused-ring (bicyclic) bond motifs is 3. The van der Waals surface area contributed by atoms with Crippen LogP contribution >= 0.6 is 11.3 Å². The first-order valence-corrected chi connectivity index (χ1v) is 12.6. The fraction of sp³-hybridized carbons (Fsp3) is 0.458. The first-order chi connectivity index (χ1) is 16.7. The van der Waals surface area contributed by atoms with E-state index in [0.717, 1.165) is 72.3 Å². The third-order valence-corrected chi connectivity index (χ3v) is 7.73. The Kier molecular flexibility index (Phi) is 5.72. The van der Waals surface area contributed by atoms with Gasteiger partial charge in [-0.2, -0.15) is 0 Å². The van der Waals surface area contributed by atoms with Gasteiger partial charge in [0.2, 0.25) is 5.82 Å². The van der Waals surface area contributed by atoms with Crippen LogP contribution in [-0.2, 0) is 24.1 Å². The summed E-state index contributed by atoms with van der Waals surface area (Å²) >= 11 is 1.80. The number of thiophene rings is 1. The topological polar surface area (TPSA) is 91.1 Å². The normalized spacial score (nSPS) is 18.8. The molecule has 34 heavy (non-hydrogen) atoms. The predicted molar refractivity (Wildman–Crippen MR) is 129 cm³/mol. The van der Waals surface area contributed by atoms with Gasteiger partial charge in [-0.15, -0.1) is 26.3 Å². The average Bonchev–Trinajstić information content (AvgIpc) is 3.49. The highest BCUT2D eigenvalue weighted by Gasteiger charge is 2.26. The molecular formula is C24H27N7O2S. The van der Waals surface area contributed by atoms with Crippen LogP contribution in [0.15, 0.2) is 24.3 Å². The van der Waals surface area contributed by atoms with Crippen molar-refractivity contribution < 1.29 is 9.47 Å². The third-order valence-electron chi connectivity index (χ3n) is 6.58. The molecule has 0 saturated carbocycles. The van der Waals surface area contributed by atoms with E-state index in [1.165, 1.54) is 16.9 Å². The highest BCUT2D eigenvalue weighted by atomic mass is 32.1. The van der Waals surface area contributed by atoms with Crippen molar-refractivity contribution in [2.75, 3.05) is 33.4 Å². The van der Waals surface area contributed by atoms with E-state index in [4.69, 9.17) is 24.5 Å². The summed E-state index contributed by atoms with van der Waals surface area (Å²) in [5.41, 5.74) is 2.21. The van der Waals surface area contributed by atoms with Crippen LogP contribution in [0.4, 0.5) is 0 Å². The van der Waals surface area contributed by atoms with Crippen molar-refractivity contribution in [1.82, 2.24) is 35.1 Å². The van der Waals surface area contributed by atoms with E-state index in [0.29, 0.717) is 18.3 Å². The first-order valence-electron chi connectivity index (χ1n) is 11.7. The van der Waals surface area contributed by atoms with Crippen molar-refractivity contribution >= 4 is 21.6 Å². The fourth-order valence-electron chi connectivity index (χ4n) is 4.72. The van der Waals surface area contributed by atoms with E-state index in [-0.39, 0.29) is 0 Å². The molecule has 1 atom stereocenters. The number of aromatic nitrogens is 6. The maximum absolute atomic E-state index is 5.51. The van der Waals surface area contributed by atoms with Crippen LogP contribution < -0.4 is 4.74 Å². The summed E-state index contributed by atoms with van der Waals surface area (Å²) in [6.45, 7) is 6.27. The van der Waals surface area contributed by atoms with Gasteiger partial charge in [-0.3, -0.25) is 4.90 Å². The van der Waals surface area contributed by atoms with E-state index >= 15 is 0 Å². The molecule has 0 bridgehead atoms. The van der Waals surface area contributed by atoms with E-state index < -0.39 is 0 Å². The zero-order valence-electron chi connectivity index (χ0n) is 19.4. The van der Waals surface area contributed by atoms with Gasteiger partial charge in [0.1, 0.15) is 16.4 Å². The number of aryl methyl sites for hydroxylation is 1. The molecule has 1 aliphatic heterocycles. The van der Waals surface area contributed by atoms with Crippen molar-refractivity contribution in [1.29, 1.82) is 0 Å². The SMILES string of the molecule is COc1cccc(-c2nnn(-c3nc(CN4CCOCC4)nc4sc5c(c34)CC[C@H](C)C5)n2)c1. The zero-order valence-corrected chi connectivity index (χ0v) is 20.2. The second-order valence-corrected chi connectivity index (χ2v) is 10.1. The molecule has 0 spiro atoms. The molecule has 4 aromatic rings. The van der Waals surface area contributed by atoms with Crippen molar-refractivity contribution in [3.8, 4) is 23.0 Å². The molecule has 1 aliphatic carbocycles. The second-order valence-electron chi connectivity index (χ2n) is 9.02. The molecule has 3 aromatic heterocycles. The first kappa shape index (κ1) is 21.6. The predicted octanol–water partition coefficient (Wildman–Crippen LogP) is 3.30. The molecule has 0 amide bonds. The molecule has 4 heterocycles. The van der Waals surface area contributed by atoms with E-state index in [1.54, 1.807) is 23.2 Å². The molecule has 6 rings (SSSR count). The Morgan fingerprint density at radius 2 is 2.09 bits per heavy atom. The van der Waals surface area contributed by atoms with Gasteiger partial charge in [0, 0.05) is 23.5 Å². The Bertz CT molecular complexity index is 1330.